The van der Waals surface area contributed by atoms with Gasteiger partial charge in [0.15, 0.2) is 0 Å². The normalized spacial score (nSPS) is 17.2. The first-order chi connectivity index (χ1) is 13.0. The molecule has 0 aromatic heterocycles. The Bertz CT molecular complexity index is 876. The summed E-state index contributed by atoms with van der Waals surface area (Å²) >= 11 is 6.14. The van der Waals surface area contributed by atoms with Gasteiger partial charge in [-0.15, -0.1) is 0 Å². The largest absolute Gasteiger partial charge is 0.466 e. The molecule has 1 aliphatic rings. The average Bonchev–Trinajstić information content (AvgIpc) is 2.69. The molecule has 1 unspecified atom stereocenters. The quantitative estimate of drug-likeness (QED) is 0.703. The first-order valence-corrected chi connectivity index (χ1v) is 9.34. The van der Waals surface area contributed by atoms with Crippen LogP contribution in [0.3, 0.4) is 0 Å². The molecule has 0 aliphatic carbocycles. The molecule has 0 N–H and O–H groups in total. The molecule has 140 valence electrons. The minimum atomic E-state index is -0.401. The molecule has 0 saturated carbocycles. The van der Waals surface area contributed by atoms with E-state index in [1.54, 1.807) is 11.0 Å². The summed E-state index contributed by atoms with van der Waals surface area (Å²) in [6.07, 6.45) is 0.765. The minimum Gasteiger partial charge on any atom is -0.466 e. The van der Waals surface area contributed by atoms with Crippen LogP contribution in [-0.4, -0.2) is 23.9 Å². The predicted octanol–water partition coefficient (Wildman–Crippen LogP) is 4.69. The van der Waals surface area contributed by atoms with E-state index in [2.05, 4.69) is 0 Å². The van der Waals surface area contributed by atoms with Crippen LogP contribution in [-0.2, 0) is 20.9 Å². The van der Waals surface area contributed by atoms with Crippen LogP contribution in [0.25, 0.3) is 0 Å². The maximum atomic E-state index is 13.0. The summed E-state index contributed by atoms with van der Waals surface area (Å²) in [7, 11) is 1.37. The van der Waals surface area contributed by atoms with Gasteiger partial charge in [-0.3, -0.25) is 4.79 Å². The second-order valence-electron chi connectivity index (χ2n) is 6.48. The molecule has 3 rings (SSSR count). The first-order valence-electron chi connectivity index (χ1n) is 8.96. The van der Waals surface area contributed by atoms with Gasteiger partial charge in [0.1, 0.15) is 0 Å². The van der Waals surface area contributed by atoms with Gasteiger partial charge in [0.05, 0.1) is 19.2 Å². The lowest BCUT2D eigenvalue weighted by Gasteiger charge is -2.35. The average molecular weight is 384 g/mol. The Morgan fingerprint density at radius 2 is 1.93 bits per heavy atom. The lowest BCUT2D eigenvalue weighted by atomic mass is 9.82. The molecule has 0 saturated heterocycles. The minimum absolute atomic E-state index is 0.00617. The van der Waals surface area contributed by atoms with Crippen molar-refractivity contribution in [1.82, 2.24) is 4.90 Å². The number of carbonyl (C=O) groups excluding carboxylic acids is 2. The zero-order chi connectivity index (χ0) is 19.4. The zero-order valence-corrected chi connectivity index (χ0v) is 16.2. The van der Waals surface area contributed by atoms with Crippen molar-refractivity contribution >= 4 is 23.5 Å². The number of nitrogens with zero attached hydrogens (tertiary/aromatic N) is 1. The third-order valence-corrected chi connectivity index (χ3v) is 5.07. The van der Waals surface area contributed by atoms with E-state index in [4.69, 9.17) is 16.3 Å². The maximum absolute atomic E-state index is 13.0. The number of rotatable bonds is 5. The van der Waals surface area contributed by atoms with Gasteiger partial charge in [-0.05, 0) is 29.7 Å². The summed E-state index contributed by atoms with van der Waals surface area (Å²) < 4.78 is 5.07. The van der Waals surface area contributed by atoms with Crippen LogP contribution in [0.4, 0.5) is 0 Å². The number of amides is 1. The van der Waals surface area contributed by atoms with Gasteiger partial charge in [-0.2, -0.15) is 0 Å². The summed E-state index contributed by atoms with van der Waals surface area (Å²) in [6.45, 7) is 2.38. The number of esters is 1. The van der Waals surface area contributed by atoms with Gasteiger partial charge in [-0.1, -0.05) is 61.0 Å². The van der Waals surface area contributed by atoms with Crippen LogP contribution < -0.4 is 0 Å². The molecule has 0 fully saturated rings. The predicted molar refractivity (Wildman–Crippen MR) is 105 cm³/mol. The highest BCUT2D eigenvalue weighted by Crippen LogP contribution is 2.39. The van der Waals surface area contributed by atoms with Crippen LogP contribution in [0.15, 0.2) is 65.9 Å². The molecule has 4 nitrogen and oxygen atoms in total. The van der Waals surface area contributed by atoms with E-state index in [1.807, 2.05) is 55.5 Å². The van der Waals surface area contributed by atoms with Crippen molar-refractivity contribution in [2.75, 3.05) is 7.11 Å². The SMILES string of the molecule is CCC1=C(C(=O)OC)C(c2cccc(Cl)c2)CC(=O)N1Cc1ccccc1. The highest BCUT2D eigenvalue weighted by Gasteiger charge is 2.37. The number of carbonyl (C=O) groups is 2. The van der Waals surface area contributed by atoms with Gasteiger partial charge in [0.25, 0.3) is 0 Å². The number of hydrogen-bond acceptors (Lipinski definition) is 3. The number of hydrogen-bond donors (Lipinski definition) is 0. The van der Waals surface area contributed by atoms with Gasteiger partial charge in [-0.25, -0.2) is 4.79 Å². The molecular formula is C22H22ClNO3. The van der Waals surface area contributed by atoms with Gasteiger partial charge < -0.3 is 9.64 Å². The molecule has 27 heavy (non-hydrogen) atoms. The van der Waals surface area contributed by atoms with Gasteiger partial charge in [0.2, 0.25) is 5.91 Å². The van der Waals surface area contributed by atoms with E-state index in [0.29, 0.717) is 29.3 Å². The Kier molecular flexibility index (Phi) is 5.97. The molecule has 2 aromatic rings. The van der Waals surface area contributed by atoms with Gasteiger partial charge in [0, 0.05) is 23.1 Å². The van der Waals surface area contributed by atoms with Crippen molar-refractivity contribution in [1.29, 1.82) is 0 Å². The standard InChI is InChI=1S/C22H22ClNO3/c1-3-19-21(22(26)27-2)18(16-10-7-11-17(23)12-16)13-20(25)24(19)14-15-8-5-4-6-9-15/h4-12,18H,3,13-14H2,1-2H3. The molecule has 0 radical (unpaired) electrons. The molecule has 5 heteroatoms. The second kappa shape index (κ2) is 8.40. The summed E-state index contributed by atoms with van der Waals surface area (Å²) in [5, 5.41) is 0.578. The van der Waals surface area contributed by atoms with E-state index in [-0.39, 0.29) is 18.2 Å². The van der Waals surface area contributed by atoms with Crippen molar-refractivity contribution < 1.29 is 14.3 Å². The third kappa shape index (κ3) is 4.06. The summed E-state index contributed by atoms with van der Waals surface area (Å²) in [5.41, 5.74) is 3.12. The second-order valence-corrected chi connectivity index (χ2v) is 6.92. The summed E-state index contributed by atoms with van der Waals surface area (Å²) in [6, 6.07) is 17.1. The molecular weight excluding hydrogens is 362 g/mol. The van der Waals surface area contributed by atoms with Crippen molar-refractivity contribution in [3.05, 3.63) is 82.0 Å². The van der Waals surface area contributed by atoms with E-state index < -0.39 is 5.97 Å². The zero-order valence-electron chi connectivity index (χ0n) is 15.4. The molecule has 0 bridgehead atoms. The molecule has 1 atom stereocenters. The molecule has 0 spiro atoms. The third-order valence-electron chi connectivity index (χ3n) is 4.84. The number of ether oxygens (including phenoxy) is 1. The van der Waals surface area contributed by atoms with Crippen LogP contribution in [0.5, 0.6) is 0 Å². The highest BCUT2D eigenvalue weighted by molar-refractivity contribution is 6.30. The van der Waals surface area contributed by atoms with Crippen LogP contribution >= 0.6 is 11.6 Å². The first kappa shape index (κ1) is 19.2. The lowest BCUT2D eigenvalue weighted by Crippen LogP contribution is -2.38. The Balaban J connectivity index is 2.08. The fraction of sp³-hybridized carbons (Fsp3) is 0.273. The van der Waals surface area contributed by atoms with E-state index in [9.17, 15) is 9.59 Å². The van der Waals surface area contributed by atoms with E-state index in [1.165, 1.54) is 7.11 Å². The fourth-order valence-corrected chi connectivity index (χ4v) is 3.79. The monoisotopic (exact) mass is 383 g/mol. The molecule has 1 heterocycles. The van der Waals surface area contributed by atoms with Crippen molar-refractivity contribution in [2.24, 2.45) is 0 Å². The fourth-order valence-electron chi connectivity index (χ4n) is 3.59. The smallest absolute Gasteiger partial charge is 0.336 e. The number of benzene rings is 2. The molecule has 1 aliphatic heterocycles. The van der Waals surface area contributed by atoms with Crippen molar-refractivity contribution in [3.8, 4) is 0 Å². The van der Waals surface area contributed by atoms with Crippen molar-refractivity contribution in [3.63, 3.8) is 0 Å². The summed E-state index contributed by atoms with van der Waals surface area (Å²) in [5.74, 6) is -0.763. The topological polar surface area (TPSA) is 46.6 Å². The van der Waals surface area contributed by atoms with E-state index >= 15 is 0 Å². The van der Waals surface area contributed by atoms with Crippen LogP contribution in [0.2, 0.25) is 5.02 Å². The van der Waals surface area contributed by atoms with E-state index in [0.717, 1.165) is 11.1 Å². The highest BCUT2D eigenvalue weighted by atomic mass is 35.5. The molecule has 1 amide bonds. The summed E-state index contributed by atoms with van der Waals surface area (Å²) in [4.78, 5) is 27.4. The Hall–Kier alpha value is -2.59. The van der Waals surface area contributed by atoms with Crippen LogP contribution in [0.1, 0.15) is 36.8 Å². The number of halogens is 1. The van der Waals surface area contributed by atoms with Crippen LogP contribution in [0, 0.1) is 0 Å². The number of allylic oxidation sites excluding steroid dienone is 1. The van der Waals surface area contributed by atoms with Crippen molar-refractivity contribution in [2.45, 2.75) is 32.2 Å². The lowest BCUT2D eigenvalue weighted by molar-refractivity contribution is -0.138. The maximum Gasteiger partial charge on any atom is 0.336 e. The number of methoxy groups -OCH3 is 1. The molecule has 2 aromatic carbocycles. The Morgan fingerprint density at radius 3 is 2.56 bits per heavy atom. The van der Waals surface area contributed by atoms with Gasteiger partial charge >= 0.3 is 5.97 Å². The Labute approximate surface area is 164 Å². The Morgan fingerprint density at radius 1 is 1.19 bits per heavy atom.